The quantitative estimate of drug-likeness (QED) is 0.213. The molecule has 4 aromatic rings. The molecule has 3 aromatic carbocycles. The van der Waals surface area contributed by atoms with Crippen molar-refractivity contribution in [2.45, 2.75) is 45.3 Å². The molecule has 37 heavy (non-hydrogen) atoms. The minimum absolute atomic E-state index is 0.0664. The highest BCUT2D eigenvalue weighted by molar-refractivity contribution is 5.92. The highest BCUT2D eigenvalue weighted by Gasteiger charge is 2.28. The van der Waals surface area contributed by atoms with Crippen LogP contribution in [0.4, 0.5) is 4.79 Å². The zero-order chi connectivity index (χ0) is 25.8. The number of amides is 1. The van der Waals surface area contributed by atoms with E-state index in [1.54, 1.807) is 36.4 Å². The maximum atomic E-state index is 13.5. The van der Waals surface area contributed by atoms with Crippen molar-refractivity contribution in [3.63, 3.8) is 0 Å². The Morgan fingerprint density at radius 3 is 2.35 bits per heavy atom. The molecule has 5 rings (SSSR count). The number of esters is 1. The zero-order valence-corrected chi connectivity index (χ0v) is 20.5. The van der Waals surface area contributed by atoms with E-state index in [1.165, 1.54) is 0 Å². The highest BCUT2D eigenvalue weighted by Crippen LogP contribution is 2.35. The molecule has 0 bridgehead atoms. The first-order chi connectivity index (χ1) is 18.0. The molecule has 1 N–H and O–H groups in total. The Balaban J connectivity index is 1.45. The van der Waals surface area contributed by atoms with Gasteiger partial charge in [0.1, 0.15) is 17.9 Å². The van der Waals surface area contributed by atoms with Crippen LogP contribution in [-0.2, 0) is 29.0 Å². The largest absolute Gasteiger partial charge is 0.445 e. The fraction of sp³-hybridized carbons (Fsp3) is 0.233. The van der Waals surface area contributed by atoms with E-state index < -0.39 is 18.1 Å². The number of ether oxygens (including phenoxy) is 2. The van der Waals surface area contributed by atoms with Crippen LogP contribution in [0, 0.1) is 6.92 Å². The minimum atomic E-state index is -1.11. The van der Waals surface area contributed by atoms with Crippen molar-refractivity contribution >= 4 is 23.0 Å². The van der Waals surface area contributed by atoms with Crippen molar-refractivity contribution in [2.75, 3.05) is 0 Å². The van der Waals surface area contributed by atoms with Crippen LogP contribution in [0.3, 0.4) is 0 Å². The standard InChI is InChI=1S/C30H27NO6/c1-19-16-24-26(22-14-8-9-15-23(22)28(32)36-24)25(17-19)37-29(33)27(21-12-6-3-7-13-21)31-30(34)35-18-20-10-4-2-5-11-20/h2-7,10-13,16-17,27H,8-9,14-15,18H2,1H3,(H,31,34). The number of alkyl carbamates (subject to hydrolysis) is 1. The summed E-state index contributed by atoms with van der Waals surface area (Å²) in [5, 5.41) is 3.28. The second-order valence-corrected chi connectivity index (χ2v) is 9.16. The summed E-state index contributed by atoms with van der Waals surface area (Å²) in [6.45, 7) is 1.90. The van der Waals surface area contributed by atoms with Crippen LogP contribution < -0.4 is 15.7 Å². The molecule has 1 aliphatic rings. The van der Waals surface area contributed by atoms with Gasteiger partial charge in [0.15, 0.2) is 6.04 Å². The van der Waals surface area contributed by atoms with Gasteiger partial charge in [-0.1, -0.05) is 60.7 Å². The Bertz CT molecular complexity index is 1490. The summed E-state index contributed by atoms with van der Waals surface area (Å²) in [5.74, 6) is -0.368. The van der Waals surface area contributed by atoms with E-state index in [4.69, 9.17) is 13.9 Å². The van der Waals surface area contributed by atoms with Crippen LogP contribution in [-0.4, -0.2) is 12.1 Å². The van der Waals surface area contributed by atoms with E-state index in [0.717, 1.165) is 29.5 Å². The highest BCUT2D eigenvalue weighted by atomic mass is 16.6. The molecule has 1 atom stereocenters. The SMILES string of the molecule is Cc1cc(OC(=O)C(NC(=O)OCc2ccccc2)c2ccccc2)c2c3c(c(=O)oc2c1)CCCC3. The van der Waals surface area contributed by atoms with Crippen LogP contribution in [0.5, 0.6) is 5.75 Å². The van der Waals surface area contributed by atoms with E-state index >= 15 is 0 Å². The van der Waals surface area contributed by atoms with Crippen LogP contribution in [0.25, 0.3) is 11.0 Å². The van der Waals surface area contributed by atoms with E-state index in [9.17, 15) is 14.4 Å². The predicted octanol–water partition coefficient (Wildman–Crippen LogP) is 5.55. The number of hydrogen-bond acceptors (Lipinski definition) is 6. The van der Waals surface area contributed by atoms with Gasteiger partial charge in [-0.25, -0.2) is 14.4 Å². The second kappa shape index (κ2) is 10.7. The monoisotopic (exact) mass is 497 g/mol. The molecule has 1 aliphatic carbocycles. The Kier molecular flexibility index (Phi) is 7.03. The van der Waals surface area contributed by atoms with Crippen molar-refractivity contribution in [2.24, 2.45) is 0 Å². The average Bonchev–Trinajstić information content (AvgIpc) is 2.91. The normalized spacial score (nSPS) is 13.4. The van der Waals surface area contributed by atoms with Gasteiger partial charge >= 0.3 is 17.7 Å². The third-order valence-corrected chi connectivity index (χ3v) is 6.48. The van der Waals surface area contributed by atoms with Crippen LogP contribution in [0.2, 0.25) is 0 Å². The molecule has 0 radical (unpaired) electrons. The second-order valence-electron chi connectivity index (χ2n) is 9.16. The molecule has 0 saturated carbocycles. The molecule has 1 amide bonds. The van der Waals surface area contributed by atoms with Crippen LogP contribution >= 0.6 is 0 Å². The number of hydrogen-bond donors (Lipinski definition) is 1. The Morgan fingerprint density at radius 1 is 0.946 bits per heavy atom. The number of carbonyl (C=O) groups is 2. The lowest BCUT2D eigenvalue weighted by Gasteiger charge is -2.21. The first-order valence-corrected chi connectivity index (χ1v) is 12.3. The molecule has 1 unspecified atom stereocenters. The number of nitrogens with one attached hydrogen (secondary N) is 1. The van der Waals surface area contributed by atoms with Crippen molar-refractivity contribution < 1.29 is 23.5 Å². The molecular formula is C30H27NO6. The van der Waals surface area contributed by atoms with Crippen molar-refractivity contribution in [3.8, 4) is 5.75 Å². The van der Waals surface area contributed by atoms with Gasteiger partial charge in [-0.05, 0) is 67.0 Å². The van der Waals surface area contributed by atoms with E-state index in [2.05, 4.69) is 5.32 Å². The fourth-order valence-electron chi connectivity index (χ4n) is 4.72. The fourth-order valence-corrected chi connectivity index (χ4v) is 4.72. The smallest absolute Gasteiger partial charge is 0.408 e. The van der Waals surface area contributed by atoms with Gasteiger partial charge in [-0.2, -0.15) is 0 Å². The lowest BCUT2D eigenvalue weighted by molar-refractivity contribution is -0.136. The van der Waals surface area contributed by atoms with E-state index in [1.807, 2.05) is 43.3 Å². The van der Waals surface area contributed by atoms with Gasteiger partial charge in [-0.3, -0.25) is 0 Å². The lowest BCUT2D eigenvalue weighted by Crippen LogP contribution is -2.36. The number of rotatable bonds is 6. The summed E-state index contributed by atoms with van der Waals surface area (Å²) in [5.41, 5.74) is 3.72. The Hall–Kier alpha value is -4.39. The van der Waals surface area contributed by atoms with Gasteiger partial charge in [-0.15, -0.1) is 0 Å². The van der Waals surface area contributed by atoms with Gasteiger partial charge in [0, 0.05) is 5.56 Å². The Morgan fingerprint density at radius 2 is 1.62 bits per heavy atom. The molecule has 1 heterocycles. The van der Waals surface area contributed by atoms with Gasteiger partial charge < -0.3 is 19.2 Å². The molecule has 7 heteroatoms. The first kappa shape index (κ1) is 24.3. The minimum Gasteiger partial charge on any atom is -0.445 e. The molecule has 0 saturated heterocycles. The Labute approximate surface area is 214 Å². The molecule has 1 aromatic heterocycles. The van der Waals surface area contributed by atoms with Crippen LogP contribution in [0.1, 0.15) is 46.7 Å². The zero-order valence-electron chi connectivity index (χ0n) is 20.5. The molecule has 0 aliphatic heterocycles. The number of carbonyl (C=O) groups excluding carboxylic acids is 2. The molecule has 0 spiro atoms. The van der Waals surface area contributed by atoms with Gasteiger partial charge in [0.05, 0.1) is 5.39 Å². The number of benzene rings is 3. The molecular weight excluding hydrogens is 470 g/mol. The predicted molar refractivity (Wildman–Crippen MR) is 138 cm³/mol. The summed E-state index contributed by atoms with van der Waals surface area (Å²) < 4.78 is 16.9. The third-order valence-electron chi connectivity index (χ3n) is 6.48. The third kappa shape index (κ3) is 5.40. The average molecular weight is 498 g/mol. The van der Waals surface area contributed by atoms with E-state index in [-0.39, 0.29) is 12.2 Å². The maximum absolute atomic E-state index is 13.5. The number of fused-ring (bicyclic) bond motifs is 3. The summed E-state index contributed by atoms with van der Waals surface area (Å²) in [4.78, 5) is 38.8. The first-order valence-electron chi connectivity index (χ1n) is 12.3. The maximum Gasteiger partial charge on any atom is 0.408 e. The topological polar surface area (TPSA) is 94.8 Å². The summed E-state index contributed by atoms with van der Waals surface area (Å²) in [6.07, 6.45) is 2.45. The van der Waals surface area contributed by atoms with Crippen molar-refractivity contribution in [3.05, 3.63) is 111 Å². The lowest BCUT2D eigenvalue weighted by atomic mass is 9.90. The van der Waals surface area contributed by atoms with Crippen molar-refractivity contribution in [1.82, 2.24) is 5.32 Å². The number of aryl methyl sites for hydroxylation is 2. The van der Waals surface area contributed by atoms with Gasteiger partial charge in [0.2, 0.25) is 0 Å². The summed E-state index contributed by atoms with van der Waals surface area (Å²) in [6, 6.07) is 20.5. The molecule has 188 valence electrons. The van der Waals surface area contributed by atoms with Crippen molar-refractivity contribution in [1.29, 1.82) is 0 Å². The van der Waals surface area contributed by atoms with Gasteiger partial charge in [0.25, 0.3) is 0 Å². The van der Waals surface area contributed by atoms with Crippen LogP contribution in [0.15, 0.2) is 82.0 Å². The molecule has 7 nitrogen and oxygen atoms in total. The molecule has 0 fully saturated rings. The summed E-state index contributed by atoms with van der Waals surface area (Å²) >= 11 is 0. The summed E-state index contributed by atoms with van der Waals surface area (Å²) in [7, 11) is 0. The van der Waals surface area contributed by atoms with E-state index in [0.29, 0.717) is 40.7 Å².